The molecule has 0 saturated carbocycles. The summed E-state index contributed by atoms with van der Waals surface area (Å²) in [5.41, 5.74) is 1.19. The van der Waals surface area contributed by atoms with Gasteiger partial charge in [-0.15, -0.1) is 0 Å². The van der Waals surface area contributed by atoms with Gasteiger partial charge in [0.15, 0.2) is 0 Å². The summed E-state index contributed by atoms with van der Waals surface area (Å²) in [4.78, 5) is 27.1. The van der Waals surface area contributed by atoms with Gasteiger partial charge in [0.25, 0.3) is 0 Å². The van der Waals surface area contributed by atoms with E-state index in [1.807, 2.05) is 53.2 Å². The molecule has 1 heterocycles. The summed E-state index contributed by atoms with van der Waals surface area (Å²) < 4.78 is 12.7. The Labute approximate surface area is 186 Å². The molecule has 0 aliphatic heterocycles. The zero-order chi connectivity index (χ0) is 23.0. The topological polar surface area (TPSA) is 60.8 Å². The van der Waals surface area contributed by atoms with Gasteiger partial charge in [-0.25, -0.2) is 4.79 Å². The van der Waals surface area contributed by atoms with Gasteiger partial charge in [-0.05, 0) is 71.5 Å². The van der Waals surface area contributed by atoms with Crippen molar-refractivity contribution in [2.45, 2.75) is 78.2 Å². The van der Waals surface area contributed by atoms with Crippen molar-refractivity contribution in [3.63, 3.8) is 0 Å². The van der Waals surface area contributed by atoms with E-state index in [-0.39, 0.29) is 5.97 Å². The van der Waals surface area contributed by atoms with Crippen LogP contribution in [0.3, 0.4) is 0 Å². The Kier molecular flexibility index (Phi) is 9.11. The number of nitrogens with zero attached hydrogens (tertiary/aromatic N) is 2. The van der Waals surface area contributed by atoms with Crippen molar-refractivity contribution in [2.75, 3.05) is 20.6 Å². The lowest BCUT2D eigenvalue weighted by Gasteiger charge is -2.19. The first-order valence-electron chi connectivity index (χ1n) is 11.3. The fraction of sp³-hybridized carbons (Fsp3) is 0.600. The van der Waals surface area contributed by atoms with Crippen LogP contribution in [0.2, 0.25) is 0 Å². The van der Waals surface area contributed by atoms with Crippen molar-refractivity contribution in [1.82, 2.24) is 9.47 Å². The molecular weight excluding hydrogens is 392 g/mol. The number of ether oxygens (including phenoxy) is 2. The zero-order valence-electron chi connectivity index (χ0n) is 20.0. The van der Waals surface area contributed by atoms with Crippen molar-refractivity contribution < 1.29 is 19.1 Å². The molecule has 2 rings (SSSR count). The Morgan fingerprint density at radius 3 is 2.42 bits per heavy atom. The maximum absolute atomic E-state index is 12.7. The summed E-state index contributed by atoms with van der Waals surface area (Å²) in [6.07, 6.45) is 8.07. The number of hydrogen-bond acceptors (Lipinski definition) is 5. The Morgan fingerprint density at radius 1 is 1.06 bits per heavy atom. The molecule has 6 heteroatoms. The van der Waals surface area contributed by atoms with Gasteiger partial charge in [-0.2, -0.15) is 0 Å². The largest absolute Gasteiger partial charge is 0.443 e. The van der Waals surface area contributed by atoms with E-state index in [4.69, 9.17) is 9.47 Å². The molecule has 31 heavy (non-hydrogen) atoms. The van der Waals surface area contributed by atoms with Crippen molar-refractivity contribution in [3.8, 4) is 5.75 Å². The van der Waals surface area contributed by atoms with Crippen LogP contribution in [0, 0.1) is 0 Å². The van der Waals surface area contributed by atoms with Gasteiger partial charge in [0.1, 0.15) is 11.4 Å². The van der Waals surface area contributed by atoms with Crippen LogP contribution in [-0.4, -0.2) is 47.8 Å². The number of esters is 1. The zero-order valence-corrected chi connectivity index (χ0v) is 20.0. The standard InChI is InChI=1S/C25H38N2O4/c1-7-8-9-10-11-12-23(28)30-20-13-14-22-21(17-20)19(15-16-26(5)6)18-27(22)24(29)31-25(2,3)4/h13-14,17-18H,7-12,15-16H2,1-6H3. The summed E-state index contributed by atoms with van der Waals surface area (Å²) in [5, 5.41) is 0.904. The highest BCUT2D eigenvalue weighted by Crippen LogP contribution is 2.28. The number of likely N-dealkylation sites (N-methyl/N-ethyl adjacent to an activating group) is 1. The van der Waals surface area contributed by atoms with Crippen LogP contribution in [0.15, 0.2) is 24.4 Å². The quantitative estimate of drug-likeness (QED) is 0.271. The minimum absolute atomic E-state index is 0.211. The highest BCUT2D eigenvalue weighted by molar-refractivity contribution is 5.93. The minimum Gasteiger partial charge on any atom is -0.443 e. The van der Waals surface area contributed by atoms with Crippen LogP contribution in [0.4, 0.5) is 4.79 Å². The molecule has 0 radical (unpaired) electrons. The SMILES string of the molecule is CCCCCCCC(=O)Oc1ccc2c(c1)c(CCN(C)C)cn2C(=O)OC(C)(C)C. The van der Waals surface area contributed by atoms with E-state index in [9.17, 15) is 9.59 Å². The van der Waals surface area contributed by atoms with E-state index >= 15 is 0 Å². The number of benzene rings is 1. The summed E-state index contributed by atoms with van der Waals surface area (Å²) in [7, 11) is 4.03. The average Bonchev–Trinajstić information content (AvgIpc) is 3.03. The monoisotopic (exact) mass is 430 g/mol. The van der Waals surface area contributed by atoms with Crippen molar-refractivity contribution in [1.29, 1.82) is 0 Å². The molecule has 0 spiro atoms. The number of aromatic nitrogens is 1. The third-order valence-corrected chi connectivity index (χ3v) is 4.99. The summed E-state index contributed by atoms with van der Waals surface area (Å²) >= 11 is 0. The lowest BCUT2D eigenvalue weighted by Crippen LogP contribution is -2.26. The number of carbonyl (C=O) groups excluding carboxylic acids is 2. The van der Waals surface area contributed by atoms with Gasteiger partial charge in [0.05, 0.1) is 5.52 Å². The fourth-order valence-electron chi connectivity index (χ4n) is 3.40. The van der Waals surface area contributed by atoms with E-state index in [0.717, 1.165) is 48.7 Å². The summed E-state index contributed by atoms with van der Waals surface area (Å²) in [6, 6.07) is 5.42. The normalized spacial score (nSPS) is 11.8. The van der Waals surface area contributed by atoms with Crippen LogP contribution in [0.5, 0.6) is 5.75 Å². The number of rotatable bonds is 10. The molecule has 0 fully saturated rings. The number of hydrogen-bond donors (Lipinski definition) is 0. The highest BCUT2D eigenvalue weighted by Gasteiger charge is 2.21. The number of fused-ring (bicyclic) bond motifs is 1. The predicted molar refractivity (Wildman–Crippen MR) is 125 cm³/mol. The van der Waals surface area contributed by atoms with E-state index < -0.39 is 11.7 Å². The predicted octanol–water partition coefficient (Wildman–Crippen LogP) is 5.79. The van der Waals surface area contributed by atoms with Crippen LogP contribution in [-0.2, 0) is 16.0 Å². The van der Waals surface area contributed by atoms with Crippen molar-refractivity contribution in [2.24, 2.45) is 0 Å². The maximum Gasteiger partial charge on any atom is 0.419 e. The molecular formula is C25H38N2O4. The lowest BCUT2D eigenvalue weighted by molar-refractivity contribution is -0.134. The molecule has 2 aromatic rings. The number of carbonyl (C=O) groups is 2. The van der Waals surface area contributed by atoms with Crippen LogP contribution in [0.1, 0.15) is 71.8 Å². The van der Waals surface area contributed by atoms with Gasteiger partial charge in [-0.3, -0.25) is 9.36 Å². The first-order chi connectivity index (χ1) is 14.6. The Morgan fingerprint density at radius 2 is 1.77 bits per heavy atom. The molecule has 0 saturated heterocycles. The molecule has 0 atom stereocenters. The van der Waals surface area contributed by atoms with E-state index in [0.29, 0.717) is 12.2 Å². The summed E-state index contributed by atoms with van der Waals surface area (Å²) in [5.74, 6) is 0.302. The smallest absolute Gasteiger partial charge is 0.419 e. The van der Waals surface area contributed by atoms with Gasteiger partial charge < -0.3 is 14.4 Å². The van der Waals surface area contributed by atoms with Crippen LogP contribution < -0.4 is 4.74 Å². The van der Waals surface area contributed by atoms with Gasteiger partial charge in [0, 0.05) is 24.5 Å². The summed E-state index contributed by atoms with van der Waals surface area (Å²) in [6.45, 7) is 8.57. The molecule has 0 aliphatic rings. The second-order valence-corrected chi connectivity index (χ2v) is 9.38. The average molecular weight is 431 g/mol. The molecule has 0 bridgehead atoms. The van der Waals surface area contributed by atoms with Crippen molar-refractivity contribution in [3.05, 3.63) is 30.0 Å². The second-order valence-electron chi connectivity index (χ2n) is 9.38. The fourth-order valence-corrected chi connectivity index (χ4v) is 3.40. The second kappa shape index (κ2) is 11.3. The lowest BCUT2D eigenvalue weighted by atomic mass is 10.1. The first kappa shape index (κ1) is 24.9. The van der Waals surface area contributed by atoms with Crippen molar-refractivity contribution >= 4 is 23.0 Å². The molecule has 0 N–H and O–H groups in total. The van der Waals surface area contributed by atoms with E-state index in [2.05, 4.69) is 11.8 Å². The molecule has 6 nitrogen and oxygen atoms in total. The maximum atomic E-state index is 12.7. The Hall–Kier alpha value is -2.34. The third-order valence-electron chi connectivity index (χ3n) is 4.99. The number of unbranched alkanes of at least 4 members (excludes halogenated alkanes) is 4. The van der Waals surface area contributed by atoms with Crippen LogP contribution >= 0.6 is 0 Å². The molecule has 0 aliphatic carbocycles. The first-order valence-corrected chi connectivity index (χ1v) is 11.3. The van der Waals surface area contributed by atoms with Gasteiger partial charge >= 0.3 is 12.1 Å². The molecule has 0 amide bonds. The van der Waals surface area contributed by atoms with E-state index in [1.54, 1.807) is 10.6 Å². The Bertz CT molecular complexity index is 878. The van der Waals surface area contributed by atoms with Gasteiger partial charge in [0.2, 0.25) is 0 Å². The molecule has 1 aromatic carbocycles. The van der Waals surface area contributed by atoms with Gasteiger partial charge in [-0.1, -0.05) is 32.6 Å². The molecule has 1 aromatic heterocycles. The molecule has 172 valence electrons. The molecule has 0 unspecified atom stereocenters. The third kappa shape index (κ3) is 8.02. The van der Waals surface area contributed by atoms with E-state index in [1.165, 1.54) is 12.8 Å². The van der Waals surface area contributed by atoms with Crippen LogP contribution in [0.25, 0.3) is 10.9 Å². The minimum atomic E-state index is -0.579. The highest BCUT2D eigenvalue weighted by atomic mass is 16.6. The Balaban J connectivity index is 2.20.